The van der Waals surface area contributed by atoms with Crippen LogP contribution in [0.15, 0.2) is 18.2 Å². The Morgan fingerprint density at radius 2 is 2.05 bits per heavy atom. The lowest BCUT2D eigenvalue weighted by Crippen LogP contribution is -2.52. The number of carbonyl (C=O) groups excluding carboxylic acids is 1. The molecular formula is C14H19FN2O2. The molecule has 1 aliphatic rings. The highest BCUT2D eigenvalue weighted by Crippen LogP contribution is 2.28. The standard InChI is InChI=1S/C14H19FN2O2/c15-11-5-4-10(8-12(11)16)13(19)17-14(9-18)6-2-1-3-7-14/h4-5,8,18H,1-3,6-7,9,16H2,(H,17,19). The first kappa shape index (κ1) is 13.8. The molecule has 0 radical (unpaired) electrons. The number of rotatable bonds is 3. The predicted octanol–water partition coefficient (Wildman–Crippen LogP) is 1.83. The summed E-state index contributed by atoms with van der Waals surface area (Å²) in [5, 5.41) is 12.4. The van der Waals surface area contributed by atoms with E-state index in [1.807, 2.05) is 0 Å². The Bertz CT molecular complexity index is 471. The Labute approximate surface area is 111 Å². The molecule has 1 amide bonds. The number of carbonyl (C=O) groups is 1. The third kappa shape index (κ3) is 3.04. The molecular weight excluding hydrogens is 247 g/mol. The van der Waals surface area contributed by atoms with Crippen LogP contribution in [0.2, 0.25) is 0 Å². The first-order valence-electron chi connectivity index (χ1n) is 6.55. The van der Waals surface area contributed by atoms with Gasteiger partial charge >= 0.3 is 0 Å². The summed E-state index contributed by atoms with van der Waals surface area (Å²) in [6.45, 7) is -0.0740. The summed E-state index contributed by atoms with van der Waals surface area (Å²) in [6.07, 6.45) is 4.65. The van der Waals surface area contributed by atoms with Crippen molar-refractivity contribution < 1.29 is 14.3 Å². The molecule has 0 heterocycles. The van der Waals surface area contributed by atoms with Gasteiger partial charge in [-0.05, 0) is 31.0 Å². The monoisotopic (exact) mass is 266 g/mol. The van der Waals surface area contributed by atoms with E-state index in [9.17, 15) is 14.3 Å². The van der Waals surface area contributed by atoms with Crippen LogP contribution in [-0.4, -0.2) is 23.2 Å². The smallest absolute Gasteiger partial charge is 0.251 e. The molecule has 1 aromatic rings. The number of halogens is 1. The summed E-state index contributed by atoms with van der Waals surface area (Å²) < 4.78 is 13.1. The molecule has 0 unspecified atom stereocenters. The van der Waals surface area contributed by atoms with Crippen molar-refractivity contribution in [2.45, 2.75) is 37.6 Å². The minimum absolute atomic E-state index is 0.0469. The molecule has 0 aromatic heterocycles. The summed E-state index contributed by atoms with van der Waals surface area (Å²) in [6, 6.07) is 3.89. The van der Waals surface area contributed by atoms with Crippen molar-refractivity contribution in [3.8, 4) is 0 Å². The van der Waals surface area contributed by atoms with Crippen molar-refractivity contribution in [1.29, 1.82) is 0 Å². The quantitative estimate of drug-likeness (QED) is 0.731. The lowest BCUT2D eigenvalue weighted by atomic mass is 9.82. The first-order chi connectivity index (χ1) is 9.06. The Hall–Kier alpha value is -1.62. The largest absolute Gasteiger partial charge is 0.396 e. The third-order valence-corrected chi connectivity index (χ3v) is 3.75. The fourth-order valence-corrected chi connectivity index (χ4v) is 2.55. The van der Waals surface area contributed by atoms with Gasteiger partial charge in [-0.25, -0.2) is 4.39 Å². The number of hydrogen-bond donors (Lipinski definition) is 3. The molecule has 104 valence electrons. The predicted molar refractivity (Wildman–Crippen MR) is 71.2 cm³/mol. The molecule has 0 spiro atoms. The highest BCUT2D eigenvalue weighted by Gasteiger charge is 2.33. The summed E-state index contributed by atoms with van der Waals surface area (Å²) in [4.78, 5) is 12.1. The average molecular weight is 266 g/mol. The van der Waals surface area contributed by atoms with E-state index in [0.717, 1.165) is 32.1 Å². The fourth-order valence-electron chi connectivity index (χ4n) is 2.55. The zero-order chi connectivity index (χ0) is 13.9. The van der Waals surface area contributed by atoms with Crippen LogP contribution in [0.1, 0.15) is 42.5 Å². The maximum absolute atomic E-state index is 13.1. The van der Waals surface area contributed by atoms with E-state index in [4.69, 9.17) is 5.73 Å². The van der Waals surface area contributed by atoms with Crippen molar-refractivity contribution in [3.63, 3.8) is 0 Å². The zero-order valence-electron chi connectivity index (χ0n) is 10.8. The van der Waals surface area contributed by atoms with E-state index in [2.05, 4.69) is 5.32 Å². The second-order valence-corrected chi connectivity index (χ2v) is 5.19. The summed E-state index contributed by atoms with van der Waals surface area (Å²) in [7, 11) is 0. The van der Waals surface area contributed by atoms with Gasteiger partial charge in [-0.15, -0.1) is 0 Å². The minimum Gasteiger partial charge on any atom is -0.396 e. The van der Waals surface area contributed by atoms with Crippen molar-refractivity contribution >= 4 is 11.6 Å². The van der Waals surface area contributed by atoms with Crippen molar-refractivity contribution in [2.75, 3.05) is 12.3 Å². The number of anilines is 1. The summed E-state index contributed by atoms with van der Waals surface area (Å²) in [5.74, 6) is -0.853. The second kappa shape index (κ2) is 5.57. The molecule has 0 atom stereocenters. The average Bonchev–Trinajstić information content (AvgIpc) is 2.43. The maximum atomic E-state index is 13.1. The van der Waals surface area contributed by atoms with Crippen LogP contribution in [0.5, 0.6) is 0 Å². The van der Waals surface area contributed by atoms with Gasteiger partial charge in [0.15, 0.2) is 0 Å². The van der Waals surface area contributed by atoms with Crippen molar-refractivity contribution in [1.82, 2.24) is 5.32 Å². The van der Waals surface area contributed by atoms with Crippen LogP contribution in [0.3, 0.4) is 0 Å². The van der Waals surface area contributed by atoms with Crippen molar-refractivity contribution in [3.05, 3.63) is 29.6 Å². The lowest BCUT2D eigenvalue weighted by molar-refractivity contribution is 0.0758. The highest BCUT2D eigenvalue weighted by atomic mass is 19.1. The van der Waals surface area contributed by atoms with Crippen molar-refractivity contribution in [2.24, 2.45) is 0 Å². The van der Waals surface area contributed by atoms with E-state index in [1.165, 1.54) is 18.2 Å². The van der Waals surface area contributed by atoms with Gasteiger partial charge in [0, 0.05) is 5.56 Å². The van der Waals surface area contributed by atoms with E-state index in [-0.39, 0.29) is 18.2 Å². The van der Waals surface area contributed by atoms with Gasteiger partial charge in [-0.3, -0.25) is 4.79 Å². The molecule has 2 rings (SSSR count). The molecule has 0 aliphatic heterocycles. The molecule has 5 heteroatoms. The number of nitrogen functional groups attached to an aromatic ring is 1. The van der Waals surface area contributed by atoms with Crippen LogP contribution in [-0.2, 0) is 0 Å². The molecule has 0 bridgehead atoms. The molecule has 4 N–H and O–H groups in total. The van der Waals surface area contributed by atoms with E-state index >= 15 is 0 Å². The molecule has 1 aromatic carbocycles. The second-order valence-electron chi connectivity index (χ2n) is 5.19. The van der Waals surface area contributed by atoms with Gasteiger partial charge in [-0.2, -0.15) is 0 Å². The Kier molecular flexibility index (Phi) is 4.04. The SMILES string of the molecule is Nc1cc(C(=O)NC2(CO)CCCCC2)ccc1F. The molecule has 19 heavy (non-hydrogen) atoms. The van der Waals surface area contributed by atoms with Gasteiger partial charge in [0.25, 0.3) is 5.91 Å². The number of amides is 1. The Morgan fingerprint density at radius 3 is 2.63 bits per heavy atom. The number of aliphatic hydroxyl groups is 1. The zero-order valence-corrected chi connectivity index (χ0v) is 10.8. The molecule has 1 saturated carbocycles. The van der Waals surface area contributed by atoms with Crippen LogP contribution >= 0.6 is 0 Å². The van der Waals surface area contributed by atoms with E-state index in [1.54, 1.807) is 0 Å². The maximum Gasteiger partial charge on any atom is 0.251 e. The number of nitrogens with two attached hydrogens (primary N) is 1. The van der Waals surface area contributed by atoms with Gasteiger partial charge in [0.1, 0.15) is 5.82 Å². The van der Waals surface area contributed by atoms with Crippen LogP contribution in [0.25, 0.3) is 0 Å². The van der Waals surface area contributed by atoms with Crippen LogP contribution < -0.4 is 11.1 Å². The Balaban J connectivity index is 2.12. The normalized spacial score (nSPS) is 18.0. The van der Waals surface area contributed by atoms with Crippen LogP contribution in [0, 0.1) is 5.82 Å². The van der Waals surface area contributed by atoms with Gasteiger partial charge in [0.2, 0.25) is 0 Å². The highest BCUT2D eigenvalue weighted by molar-refractivity contribution is 5.95. The van der Waals surface area contributed by atoms with Gasteiger partial charge in [-0.1, -0.05) is 19.3 Å². The van der Waals surface area contributed by atoms with Gasteiger partial charge in [0.05, 0.1) is 17.8 Å². The van der Waals surface area contributed by atoms with Crippen LogP contribution in [0.4, 0.5) is 10.1 Å². The molecule has 1 aliphatic carbocycles. The molecule has 4 nitrogen and oxygen atoms in total. The summed E-state index contributed by atoms with van der Waals surface area (Å²) >= 11 is 0. The number of aliphatic hydroxyl groups excluding tert-OH is 1. The Morgan fingerprint density at radius 1 is 1.37 bits per heavy atom. The number of nitrogens with one attached hydrogen (secondary N) is 1. The third-order valence-electron chi connectivity index (χ3n) is 3.75. The van der Waals surface area contributed by atoms with E-state index in [0.29, 0.717) is 5.56 Å². The first-order valence-corrected chi connectivity index (χ1v) is 6.55. The number of benzene rings is 1. The fraction of sp³-hybridized carbons (Fsp3) is 0.500. The van der Waals surface area contributed by atoms with E-state index < -0.39 is 11.4 Å². The molecule has 1 fully saturated rings. The number of hydrogen-bond acceptors (Lipinski definition) is 3. The topological polar surface area (TPSA) is 75.4 Å². The van der Waals surface area contributed by atoms with Gasteiger partial charge < -0.3 is 16.2 Å². The summed E-state index contributed by atoms with van der Waals surface area (Å²) in [5.41, 5.74) is 5.18. The lowest BCUT2D eigenvalue weighted by Gasteiger charge is -2.36. The minimum atomic E-state index is -0.543. The molecule has 0 saturated heterocycles.